The van der Waals surface area contributed by atoms with Crippen LogP contribution in [0.15, 0.2) is 29.5 Å². The number of rotatable bonds is 21. The zero-order valence-corrected chi connectivity index (χ0v) is 20.9. The monoisotopic (exact) mass is 448 g/mol. The van der Waals surface area contributed by atoms with Crippen molar-refractivity contribution >= 4 is 11.8 Å². The van der Waals surface area contributed by atoms with Gasteiger partial charge in [-0.3, -0.25) is 5.73 Å². The molecule has 2 atom stereocenters. The topological polar surface area (TPSA) is 75.7 Å². The van der Waals surface area contributed by atoms with Crippen molar-refractivity contribution in [2.45, 2.75) is 129 Å². The van der Waals surface area contributed by atoms with Crippen LogP contribution in [0.25, 0.3) is 0 Å². The van der Waals surface area contributed by atoms with Crippen LogP contribution in [0, 0.1) is 0 Å². The van der Waals surface area contributed by atoms with Gasteiger partial charge in [0, 0.05) is 13.3 Å². The first-order chi connectivity index (χ1) is 15.5. The number of carboxylic acid groups (broad SMARTS) is 1. The molecule has 1 aliphatic heterocycles. The van der Waals surface area contributed by atoms with Gasteiger partial charge in [0.2, 0.25) is 5.84 Å². The first kappa shape index (κ1) is 28.6. The molecule has 32 heavy (non-hydrogen) atoms. The maximum Gasteiger partial charge on any atom is 0.360 e. The summed E-state index contributed by atoms with van der Waals surface area (Å²) < 4.78 is 0.172. The predicted octanol–water partition coefficient (Wildman–Crippen LogP) is 7.28. The third-order valence-electron chi connectivity index (χ3n) is 6.57. The van der Waals surface area contributed by atoms with E-state index in [1.807, 2.05) is 13.1 Å². The van der Waals surface area contributed by atoms with Crippen LogP contribution in [-0.4, -0.2) is 34.1 Å². The number of carbonyl (C=O) groups is 1. The smallest absolute Gasteiger partial charge is 0.360 e. The molecule has 184 valence electrons. The molecule has 1 heterocycles. The predicted molar refractivity (Wildman–Crippen MR) is 136 cm³/mol. The molecule has 0 amide bonds. The zero-order valence-electron chi connectivity index (χ0n) is 20.9. The Labute approximate surface area is 197 Å². The summed E-state index contributed by atoms with van der Waals surface area (Å²) in [4.78, 5) is 15.7. The Bertz CT molecular complexity index is 583. The number of hydrogen-bond donors (Lipinski definition) is 2. The minimum absolute atomic E-state index is 0.0247. The molecule has 0 aromatic carbocycles. The lowest BCUT2D eigenvalue weighted by Crippen LogP contribution is -2.59. The van der Waals surface area contributed by atoms with Gasteiger partial charge in [-0.2, -0.15) is 0 Å². The van der Waals surface area contributed by atoms with Crippen LogP contribution in [-0.2, 0) is 4.79 Å². The molecule has 0 aliphatic carbocycles. The van der Waals surface area contributed by atoms with Gasteiger partial charge >= 0.3 is 5.97 Å². The maximum absolute atomic E-state index is 11.3. The Morgan fingerprint density at radius 2 is 1.44 bits per heavy atom. The second-order valence-electron chi connectivity index (χ2n) is 9.46. The van der Waals surface area contributed by atoms with Gasteiger partial charge in [0.05, 0.1) is 6.20 Å². The molecular formula is C27H50N3O2+. The molecule has 0 radical (unpaired) electrons. The Balaban J connectivity index is 1.94. The molecule has 0 saturated carbocycles. The van der Waals surface area contributed by atoms with E-state index < -0.39 is 5.97 Å². The summed E-state index contributed by atoms with van der Waals surface area (Å²) in [7, 11) is 0. The molecule has 0 spiro atoms. The number of aliphatic imine (C=N–C) groups is 1. The van der Waals surface area contributed by atoms with Crippen molar-refractivity contribution in [2.75, 3.05) is 6.54 Å². The van der Waals surface area contributed by atoms with Crippen LogP contribution >= 0.6 is 0 Å². The summed E-state index contributed by atoms with van der Waals surface area (Å²) in [6.07, 6.45) is 29.7. The van der Waals surface area contributed by atoms with Crippen LogP contribution in [0.3, 0.4) is 0 Å². The maximum atomic E-state index is 11.3. The van der Waals surface area contributed by atoms with Gasteiger partial charge < -0.3 is 5.11 Å². The lowest BCUT2D eigenvalue weighted by atomic mass is 10.0. The quantitative estimate of drug-likeness (QED) is 0.110. The number of amidine groups is 1. The molecule has 5 nitrogen and oxygen atoms in total. The SMILES string of the molecule is CCCC/C=C/CCCCCCCCCCCCCCC1=NC=C[N+]1(CC(=O)O)C(C)N. The minimum atomic E-state index is -0.837. The second-order valence-corrected chi connectivity index (χ2v) is 9.46. The molecule has 0 aromatic heterocycles. The fraction of sp³-hybridized carbons (Fsp3) is 0.778. The zero-order chi connectivity index (χ0) is 23.5. The van der Waals surface area contributed by atoms with E-state index in [9.17, 15) is 9.90 Å². The van der Waals surface area contributed by atoms with Gasteiger partial charge in [0.25, 0.3) is 0 Å². The second kappa shape index (κ2) is 18.0. The molecule has 0 aromatic rings. The first-order valence-corrected chi connectivity index (χ1v) is 13.3. The molecule has 2 unspecified atom stereocenters. The first-order valence-electron chi connectivity index (χ1n) is 13.3. The van der Waals surface area contributed by atoms with Crippen molar-refractivity contribution in [2.24, 2.45) is 10.7 Å². The Hall–Kier alpha value is -1.46. The molecule has 1 rings (SSSR count). The highest BCUT2D eigenvalue weighted by Gasteiger charge is 2.40. The van der Waals surface area contributed by atoms with Crippen LogP contribution in [0.1, 0.15) is 123 Å². The summed E-state index contributed by atoms with van der Waals surface area (Å²) in [6, 6.07) is 0. The fourth-order valence-corrected chi connectivity index (χ4v) is 4.46. The normalized spacial score (nSPS) is 19.0. The Morgan fingerprint density at radius 1 is 0.938 bits per heavy atom. The number of hydrogen-bond acceptors (Lipinski definition) is 3. The van der Waals surface area contributed by atoms with Crippen LogP contribution in [0.5, 0.6) is 0 Å². The Kier molecular flexibility index (Phi) is 16.1. The van der Waals surface area contributed by atoms with Gasteiger partial charge in [-0.15, -0.1) is 0 Å². The van der Waals surface area contributed by atoms with Gasteiger partial charge in [-0.25, -0.2) is 14.3 Å². The number of carboxylic acids is 1. The number of nitrogens with zero attached hydrogens (tertiary/aromatic N) is 2. The van der Waals surface area contributed by atoms with Crippen molar-refractivity contribution < 1.29 is 14.4 Å². The molecular weight excluding hydrogens is 398 g/mol. The highest BCUT2D eigenvalue weighted by molar-refractivity contribution is 5.81. The molecule has 0 saturated heterocycles. The molecule has 5 heteroatoms. The summed E-state index contributed by atoms with van der Waals surface area (Å²) in [5.41, 5.74) is 6.12. The summed E-state index contributed by atoms with van der Waals surface area (Å²) in [5, 5.41) is 9.27. The molecule has 0 bridgehead atoms. The van der Waals surface area contributed by atoms with Gasteiger partial charge in [-0.1, -0.05) is 96.1 Å². The number of nitrogens with two attached hydrogens (primary N) is 1. The summed E-state index contributed by atoms with van der Waals surface area (Å²) in [5.74, 6) is 0.0615. The Morgan fingerprint density at radius 3 is 1.94 bits per heavy atom. The van der Waals surface area contributed by atoms with Crippen LogP contribution in [0.2, 0.25) is 0 Å². The fourth-order valence-electron chi connectivity index (χ4n) is 4.46. The van der Waals surface area contributed by atoms with Crippen molar-refractivity contribution in [3.05, 3.63) is 24.6 Å². The third kappa shape index (κ3) is 12.0. The van der Waals surface area contributed by atoms with E-state index in [0.29, 0.717) is 0 Å². The summed E-state index contributed by atoms with van der Waals surface area (Å²) in [6.45, 7) is 4.09. The van der Waals surface area contributed by atoms with Crippen molar-refractivity contribution in [1.82, 2.24) is 0 Å². The average molecular weight is 449 g/mol. The van der Waals surface area contributed by atoms with E-state index in [-0.39, 0.29) is 17.2 Å². The van der Waals surface area contributed by atoms with Crippen molar-refractivity contribution in [1.29, 1.82) is 0 Å². The van der Waals surface area contributed by atoms with Crippen molar-refractivity contribution in [3.63, 3.8) is 0 Å². The van der Waals surface area contributed by atoms with Crippen LogP contribution < -0.4 is 5.73 Å². The van der Waals surface area contributed by atoms with E-state index in [1.54, 1.807) is 6.20 Å². The van der Waals surface area contributed by atoms with Crippen LogP contribution in [0.4, 0.5) is 0 Å². The van der Waals surface area contributed by atoms with Gasteiger partial charge in [-0.05, 0) is 25.7 Å². The van der Waals surface area contributed by atoms with E-state index >= 15 is 0 Å². The standard InChI is InChI=1S/C27H49N3O2/c1-3-4-5-6-7-8-9-10-11-12-13-14-15-16-17-18-19-20-21-26-29-22-23-30(26,25(2)28)24-27(31)32/h6-7,22-23,25H,3-5,8-21,24,28H2,1-2H3/p+1/b7-6+. The van der Waals surface area contributed by atoms with E-state index in [2.05, 4.69) is 24.1 Å². The van der Waals surface area contributed by atoms with E-state index in [1.165, 1.54) is 96.3 Å². The highest BCUT2D eigenvalue weighted by atomic mass is 16.4. The third-order valence-corrected chi connectivity index (χ3v) is 6.57. The average Bonchev–Trinajstić information content (AvgIpc) is 3.16. The number of allylic oxidation sites excluding steroid dienone is 2. The lowest BCUT2D eigenvalue weighted by Gasteiger charge is -2.34. The van der Waals surface area contributed by atoms with E-state index in [4.69, 9.17) is 5.73 Å². The lowest BCUT2D eigenvalue weighted by molar-refractivity contribution is -0.805. The molecule has 1 aliphatic rings. The van der Waals surface area contributed by atoms with Crippen molar-refractivity contribution in [3.8, 4) is 0 Å². The highest BCUT2D eigenvalue weighted by Crippen LogP contribution is 2.23. The minimum Gasteiger partial charge on any atom is -0.477 e. The number of aliphatic carboxylic acids is 1. The van der Waals surface area contributed by atoms with E-state index in [0.717, 1.165) is 18.7 Å². The van der Waals surface area contributed by atoms with Gasteiger partial charge in [0.15, 0.2) is 6.54 Å². The largest absolute Gasteiger partial charge is 0.477 e. The van der Waals surface area contributed by atoms with Gasteiger partial charge in [0.1, 0.15) is 12.4 Å². The number of unbranched alkanes of at least 4 members (excludes halogenated alkanes) is 14. The number of quaternary nitrogens is 1. The molecule has 0 fully saturated rings. The summed E-state index contributed by atoms with van der Waals surface area (Å²) >= 11 is 0. The molecule has 3 N–H and O–H groups in total.